The Kier molecular flexibility index (Phi) is 197. The van der Waals surface area contributed by atoms with Gasteiger partial charge in [0.1, 0.15) is 0 Å². The molecule has 12 nitrogen and oxygen atoms in total. The zero-order valence-corrected chi connectivity index (χ0v) is 85.6. The molecule has 0 heterocycles. The molecule has 31 heteroatoms. The first-order valence-electron chi connectivity index (χ1n) is 41.3. The van der Waals surface area contributed by atoms with E-state index in [1.54, 1.807) is 0 Å². The van der Waals surface area contributed by atoms with Crippen LogP contribution in [0.15, 0.2) is 0 Å². The van der Waals surface area contributed by atoms with Gasteiger partial charge in [0.2, 0.25) is 0 Å². The van der Waals surface area contributed by atoms with Gasteiger partial charge in [0.05, 0.1) is 0 Å². The summed E-state index contributed by atoms with van der Waals surface area (Å²) in [7, 11) is 0. The fourth-order valence-electron chi connectivity index (χ4n) is 10.8. The molecule has 0 fully saturated rings. The van der Waals surface area contributed by atoms with Gasteiger partial charge >= 0.3 is 0 Å². The second-order valence-corrected chi connectivity index (χ2v) is 32.8. The van der Waals surface area contributed by atoms with Crippen LogP contribution in [-0.4, -0.2) is 90.4 Å². The van der Waals surface area contributed by atoms with Crippen molar-refractivity contribution in [1.82, 2.24) is 31.9 Å². The van der Waals surface area contributed by atoms with Crippen LogP contribution in [0.4, 0.5) is 0 Å². The summed E-state index contributed by atoms with van der Waals surface area (Å²) < 4.78 is 50.1. The Morgan fingerprint density at radius 2 is 0.220 bits per heavy atom. The average Bonchev–Trinajstić information content (AvgIpc) is 3.10. The second-order valence-electron chi connectivity index (χ2n) is 26.4. The number of unbranched alkanes of at least 4 members (excludes halogenated alkanes) is 54. The molecule has 0 aromatic rings. The largest absolute Gasteiger partial charge is 0.412 e. The van der Waals surface area contributed by atoms with E-state index in [-0.39, 0.29) is 21.1 Å². The normalized spacial score (nSPS) is 9.30. The maximum atomic E-state index is 7.83. The molecule has 0 aromatic heterocycles. The molecule has 0 atom stereocenters. The van der Waals surface area contributed by atoms with E-state index >= 15 is 0 Å². The summed E-state index contributed by atoms with van der Waals surface area (Å²) in [5.41, 5.74) is 0. The van der Waals surface area contributed by atoms with Crippen LogP contribution in [0.5, 0.6) is 0 Å². The van der Waals surface area contributed by atoms with Crippen LogP contribution in [0, 0.1) is 0 Å². The molecule has 0 unspecified atom stereocenters. The Hall–Kier alpha value is 1.47. The van der Waals surface area contributed by atoms with E-state index in [0.29, 0.717) is 25.9 Å². The molecule has 0 saturated heterocycles. The van der Waals surface area contributed by atoms with Gasteiger partial charge in [-0.15, -0.1) is 0 Å². The third-order valence-electron chi connectivity index (χ3n) is 16.8. The minimum atomic E-state index is 0. The average molecular weight is 1950 g/mol. The molecule has 0 aromatic carbocycles. The molecule has 0 aliphatic heterocycles. The molecular weight excluding hydrogens is 1790 g/mol. The Bertz CT molecular complexity index is 1380. The quantitative estimate of drug-likeness (QED) is 0.0147. The molecule has 109 heavy (non-hydrogen) atoms. The molecule has 6 N–H and O–H groups in total. The van der Waals surface area contributed by atoms with Gasteiger partial charge in [-0.3, -0.25) is 0 Å². The molecule has 0 amide bonds. The van der Waals surface area contributed by atoms with Gasteiger partial charge in [-0.05, 0) is 38.5 Å². The molecule has 0 aliphatic rings. The first-order chi connectivity index (χ1) is 52.6. The van der Waals surface area contributed by atoms with E-state index in [4.69, 9.17) is 174 Å². The van der Waals surface area contributed by atoms with Crippen LogP contribution in [0.1, 0.15) is 427 Å². The molecule has 654 valence electrons. The van der Waals surface area contributed by atoms with Crippen LogP contribution in [0.2, 0.25) is 0 Å². The zero-order chi connectivity index (χ0) is 84.4. The number of nitrogens with one attached hydrogen (secondary N) is 6. The summed E-state index contributed by atoms with van der Waals surface area (Å²) in [5, 5.41) is 18.1. The van der Waals surface area contributed by atoms with E-state index in [1.165, 1.54) is 385 Å². The first kappa shape index (κ1) is 139. The third-order valence-corrected chi connectivity index (χ3v) is 18.5. The van der Waals surface area contributed by atoms with Gasteiger partial charge in [-0.2, -0.15) is 25.3 Å². The SMILES string of the molecule is CCCCCCCCCCCCNC(=S)[S-].CCCCCCCCCCCCNC(=S)[S-].CCCCCCCCCCCCNC(=S)[S-].CCCCCCCCCCCCNC(=S)[S-].CCCCCCCCCCCCNC(=S)[S-].CCCCCCCCCCCCNC(=S)[S-].O=S.O=S.O=S.O=S.O=S.O=S.[Mo]. The zero-order valence-electron chi connectivity index (χ0n) is 68.9. The predicted molar refractivity (Wildman–Crippen MR) is 528 cm³/mol. The Morgan fingerprint density at radius 3 is 0.284 bits per heavy atom. The summed E-state index contributed by atoms with van der Waals surface area (Å²) >= 11 is 74.2. The van der Waals surface area contributed by atoms with E-state index in [2.05, 4.69) is 149 Å². The van der Waals surface area contributed by atoms with Crippen molar-refractivity contribution in [2.45, 2.75) is 427 Å². The van der Waals surface area contributed by atoms with Gasteiger partial charge in [-0.25, -0.2) is 0 Å². The van der Waals surface area contributed by atoms with Gasteiger partial charge < -0.3 is 181 Å². The number of hydrogen-bond donors (Lipinski definition) is 6. The summed E-state index contributed by atoms with van der Waals surface area (Å²) in [4.78, 5) is 0. The van der Waals surface area contributed by atoms with Crippen molar-refractivity contribution >= 4 is 250 Å². The van der Waals surface area contributed by atoms with E-state index in [1.807, 2.05) is 0 Å². The van der Waals surface area contributed by atoms with Crippen LogP contribution < -0.4 is 31.9 Å². The van der Waals surface area contributed by atoms with Gasteiger partial charge in [0, 0.05) is 60.3 Å². The number of rotatable bonds is 66. The van der Waals surface area contributed by atoms with Crippen molar-refractivity contribution in [1.29, 1.82) is 0 Å². The minimum absolute atomic E-state index is 0. The maximum Gasteiger partial charge on any atom is 0.197 e. The standard InChI is InChI=1S/6C13H27NS2.Mo.6OS/c6*1-2-3-4-5-6-7-8-9-10-11-12-14-13(15)16;;6*1-2/h6*2-12H2,1H3,(H2,14,15,16);;;;;;;/p-6. The molecule has 0 aliphatic carbocycles. The molecule has 0 spiro atoms. The predicted octanol–water partition coefficient (Wildman–Crippen LogP) is 24.0. The van der Waals surface area contributed by atoms with Crippen molar-refractivity contribution in [2.24, 2.45) is 0 Å². The Labute approximate surface area is 785 Å². The van der Waals surface area contributed by atoms with E-state index in [9.17, 15) is 0 Å². The smallest absolute Gasteiger partial charge is 0.197 e. The van der Waals surface area contributed by atoms with Crippen LogP contribution in [0.3, 0.4) is 0 Å². The minimum Gasteiger partial charge on any atom is -0.412 e. The number of hydrogen-bond acceptors (Lipinski definition) is 24. The van der Waals surface area contributed by atoms with Crippen molar-refractivity contribution in [3.8, 4) is 0 Å². The Balaban J connectivity index is -0.0000000894. The summed E-state index contributed by atoms with van der Waals surface area (Å²) in [6, 6.07) is 0. The van der Waals surface area contributed by atoms with Gasteiger partial charge in [-0.1, -0.05) is 414 Å². The molecule has 0 radical (unpaired) electrons. The molecular formula is C78H156MoN6O6S18-6. The Morgan fingerprint density at radius 1 is 0.156 bits per heavy atom. The molecule has 0 bridgehead atoms. The fraction of sp³-hybridized carbons (Fsp3) is 0.923. The van der Waals surface area contributed by atoms with Gasteiger partial charge in [0.15, 0.2) is 75.2 Å². The summed E-state index contributed by atoms with van der Waals surface area (Å²) in [6.45, 7) is 19.3. The monoisotopic (exact) mass is 1950 g/mol. The molecule has 0 rings (SSSR count). The van der Waals surface area contributed by atoms with E-state index in [0.717, 1.165) is 39.3 Å². The summed E-state index contributed by atoms with van der Waals surface area (Å²) in [5.74, 6) is 0. The number of thiocarbonyl (C=S) groups is 6. The van der Waals surface area contributed by atoms with Crippen molar-refractivity contribution in [2.75, 3.05) is 39.3 Å². The maximum absolute atomic E-state index is 7.83. The first-order valence-corrected chi connectivity index (χ1v) is 48.2. The fourth-order valence-corrected chi connectivity index (χ4v) is 12.0. The summed E-state index contributed by atoms with van der Waals surface area (Å²) in [6.07, 6.45) is 82.3. The van der Waals surface area contributed by atoms with Crippen molar-refractivity contribution < 1.29 is 46.3 Å². The molecule has 0 saturated carbocycles. The van der Waals surface area contributed by atoms with Crippen LogP contribution in [-0.2, 0) is 172 Å². The van der Waals surface area contributed by atoms with E-state index < -0.39 is 0 Å². The topological polar surface area (TPSA) is 175 Å². The van der Waals surface area contributed by atoms with Crippen LogP contribution >= 0.6 is 73.3 Å². The second kappa shape index (κ2) is 154. The van der Waals surface area contributed by atoms with Gasteiger partial charge in [0.25, 0.3) is 0 Å². The van der Waals surface area contributed by atoms with Crippen molar-refractivity contribution in [3.05, 3.63) is 0 Å². The van der Waals surface area contributed by atoms with Crippen LogP contribution in [0.25, 0.3) is 0 Å². The third kappa shape index (κ3) is 200. The van der Waals surface area contributed by atoms with Crippen molar-refractivity contribution in [3.63, 3.8) is 0 Å².